The zero-order chi connectivity index (χ0) is 13.3. The van der Waals surface area contributed by atoms with Crippen LogP contribution in [0.15, 0.2) is 0 Å². The van der Waals surface area contributed by atoms with Crippen molar-refractivity contribution in [1.29, 1.82) is 5.26 Å². The molecule has 0 spiro atoms. The Labute approximate surface area is 108 Å². The summed E-state index contributed by atoms with van der Waals surface area (Å²) in [4.78, 5) is 10.8. The lowest BCUT2D eigenvalue weighted by atomic mass is 10.0. The summed E-state index contributed by atoms with van der Waals surface area (Å²) in [5, 5.41) is 12.4. The predicted octanol–water partition coefficient (Wildman–Crippen LogP) is 1.23. The Balaban J connectivity index is 2.55. The molecule has 0 aliphatic carbocycles. The van der Waals surface area contributed by atoms with Crippen LogP contribution in [0.25, 0.3) is 0 Å². The van der Waals surface area contributed by atoms with Crippen molar-refractivity contribution in [2.75, 3.05) is 18.5 Å². The van der Waals surface area contributed by atoms with Crippen molar-refractivity contribution in [2.24, 2.45) is 0 Å². The molecule has 0 aromatic carbocycles. The smallest absolute Gasteiger partial charge is 0.234 e. The fourth-order valence-corrected chi connectivity index (χ4v) is 1.97. The van der Waals surface area contributed by atoms with Gasteiger partial charge < -0.3 is 10.2 Å². The van der Waals surface area contributed by atoms with E-state index < -0.39 is 0 Å². The lowest BCUT2D eigenvalue weighted by molar-refractivity contribution is 0.525. The van der Waals surface area contributed by atoms with E-state index in [0.29, 0.717) is 0 Å². The van der Waals surface area contributed by atoms with Crippen LogP contribution in [-0.2, 0) is 13.0 Å². The molecule has 1 N–H and O–H groups in total. The average molecular weight is 245 g/mol. The molecule has 0 saturated heterocycles. The molecule has 2 rings (SSSR count). The van der Waals surface area contributed by atoms with Gasteiger partial charge in [0.2, 0.25) is 5.82 Å². The standard InChI is InChI=1S/C13H19N5/c1-13(2,3)18(4)12-9-8-15-6-5-10(9)16-11(7-14)17-12/h15H,5-6,8H2,1-4H3. The predicted molar refractivity (Wildman–Crippen MR) is 70.3 cm³/mol. The molecule has 0 amide bonds. The monoisotopic (exact) mass is 245 g/mol. The fraction of sp³-hybridized carbons (Fsp3) is 0.615. The van der Waals surface area contributed by atoms with E-state index in [0.717, 1.165) is 36.6 Å². The molecule has 2 heterocycles. The second-order valence-electron chi connectivity index (χ2n) is 5.56. The van der Waals surface area contributed by atoms with Crippen molar-refractivity contribution in [3.8, 4) is 6.07 Å². The summed E-state index contributed by atoms with van der Waals surface area (Å²) in [6.45, 7) is 8.07. The summed E-state index contributed by atoms with van der Waals surface area (Å²) < 4.78 is 0. The molecular weight excluding hydrogens is 226 g/mol. The Hall–Kier alpha value is -1.67. The third kappa shape index (κ3) is 2.29. The van der Waals surface area contributed by atoms with Gasteiger partial charge in [0.05, 0.1) is 5.69 Å². The molecule has 1 aromatic rings. The van der Waals surface area contributed by atoms with Crippen molar-refractivity contribution in [1.82, 2.24) is 15.3 Å². The lowest BCUT2D eigenvalue weighted by Crippen LogP contribution is -2.40. The van der Waals surface area contributed by atoms with Gasteiger partial charge in [0.25, 0.3) is 0 Å². The highest BCUT2D eigenvalue weighted by molar-refractivity contribution is 5.52. The number of nitrogens with one attached hydrogen (secondary N) is 1. The highest BCUT2D eigenvalue weighted by Crippen LogP contribution is 2.27. The van der Waals surface area contributed by atoms with Gasteiger partial charge in [0.1, 0.15) is 11.9 Å². The van der Waals surface area contributed by atoms with Crippen LogP contribution in [0.3, 0.4) is 0 Å². The number of fused-ring (bicyclic) bond motifs is 1. The Morgan fingerprint density at radius 1 is 1.33 bits per heavy atom. The van der Waals surface area contributed by atoms with Crippen LogP contribution in [0.1, 0.15) is 37.9 Å². The van der Waals surface area contributed by atoms with E-state index in [1.165, 1.54) is 0 Å². The van der Waals surface area contributed by atoms with Crippen molar-refractivity contribution >= 4 is 5.82 Å². The molecule has 5 heteroatoms. The summed E-state index contributed by atoms with van der Waals surface area (Å²) in [5.41, 5.74) is 2.09. The largest absolute Gasteiger partial charge is 0.354 e. The number of nitriles is 1. The second kappa shape index (κ2) is 4.54. The number of hydrogen-bond acceptors (Lipinski definition) is 5. The molecule has 0 bridgehead atoms. The first-order chi connectivity index (χ1) is 8.43. The van der Waals surface area contributed by atoms with Gasteiger partial charge in [-0.3, -0.25) is 0 Å². The zero-order valence-corrected chi connectivity index (χ0v) is 11.4. The molecule has 5 nitrogen and oxygen atoms in total. The Morgan fingerprint density at radius 3 is 2.67 bits per heavy atom. The molecule has 0 unspecified atom stereocenters. The fourth-order valence-electron chi connectivity index (χ4n) is 1.97. The Bertz CT molecular complexity index is 495. The van der Waals surface area contributed by atoms with Gasteiger partial charge in [0, 0.05) is 37.7 Å². The summed E-state index contributed by atoms with van der Waals surface area (Å²) in [6, 6.07) is 2.05. The molecule has 1 aromatic heterocycles. The zero-order valence-electron chi connectivity index (χ0n) is 11.4. The van der Waals surface area contributed by atoms with Crippen LogP contribution in [-0.4, -0.2) is 29.1 Å². The van der Waals surface area contributed by atoms with Crippen molar-refractivity contribution in [3.05, 3.63) is 17.1 Å². The van der Waals surface area contributed by atoms with Gasteiger partial charge in [-0.2, -0.15) is 5.26 Å². The van der Waals surface area contributed by atoms with Crippen molar-refractivity contribution in [2.45, 2.75) is 39.3 Å². The average Bonchev–Trinajstić information content (AvgIpc) is 2.35. The first-order valence-electron chi connectivity index (χ1n) is 6.18. The lowest BCUT2D eigenvalue weighted by Gasteiger charge is -2.35. The van der Waals surface area contributed by atoms with Crippen LogP contribution in [0, 0.1) is 11.3 Å². The summed E-state index contributed by atoms with van der Waals surface area (Å²) >= 11 is 0. The molecule has 1 aliphatic heterocycles. The van der Waals surface area contributed by atoms with Crippen LogP contribution in [0.5, 0.6) is 0 Å². The number of hydrogen-bond donors (Lipinski definition) is 1. The third-order valence-corrected chi connectivity index (χ3v) is 3.34. The van der Waals surface area contributed by atoms with E-state index in [2.05, 4.69) is 47.0 Å². The van der Waals surface area contributed by atoms with Crippen molar-refractivity contribution in [3.63, 3.8) is 0 Å². The van der Waals surface area contributed by atoms with E-state index in [-0.39, 0.29) is 11.4 Å². The van der Waals surface area contributed by atoms with E-state index in [9.17, 15) is 0 Å². The quantitative estimate of drug-likeness (QED) is 0.806. The van der Waals surface area contributed by atoms with Gasteiger partial charge in [-0.1, -0.05) is 0 Å². The minimum Gasteiger partial charge on any atom is -0.354 e. The first kappa shape index (κ1) is 12.8. The summed E-state index contributed by atoms with van der Waals surface area (Å²) in [6.07, 6.45) is 0.859. The highest BCUT2D eigenvalue weighted by Gasteiger charge is 2.25. The van der Waals surface area contributed by atoms with Crippen LogP contribution >= 0.6 is 0 Å². The molecule has 96 valence electrons. The second-order valence-corrected chi connectivity index (χ2v) is 5.56. The highest BCUT2D eigenvalue weighted by atomic mass is 15.2. The third-order valence-electron chi connectivity index (χ3n) is 3.34. The van der Waals surface area contributed by atoms with E-state index >= 15 is 0 Å². The Kier molecular flexibility index (Phi) is 3.22. The van der Waals surface area contributed by atoms with Crippen LogP contribution < -0.4 is 10.2 Å². The maximum atomic E-state index is 9.04. The van der Waals surface area contributed by atoms with E-state index in [1.54, 1.807) is 0 Å². The van der Waals surface area contributed by atoms with E-state index in [1.807, 2.05) is 7.05 Å². The number of anilines is 1. The molecule has 0 fully saturated rings. The van der Waals surface area contributed by atoms with Gasteiger partial charge in [-0.05, 0) is 20.8 Å². The molecular formula is C13H19N5. The number of rotatable bonds is 1. The normalized spacial score (nSPS) is 14.8. The van der Waals surface area contributed by atoms with Gasteiger partial charge in [-0.15, -0.1) is 0 Å². The topological polar surface area (TPSA) is 64.8 Å². The molecule has 18 heavy (non-hydrogen) atoms. The molecule has 0 atom stereocenters. The summed E-state index contributed by atoms with van der Waals surface area (Å²) in [5.74, 6) is 1.14. The Morgan fingerprint density at radius 2 is 2.06 bits per heavy atom. The minimum atomic E-state index is -0.0354. The maximum Gasteiger partial charge on any atom is 0.234 e. The SMILES string of the molecule is CN(c1nc(C#N)nc2c1CNCC2)C(C)(C)C. The summed E-state index contributed by atoms with van der Waals surface area (Å²) in [7, 11) is 2.01. The van der Waals surface area contributed by atoms with Crippen molar-refractivity contribution < 1.29 is 0 Å². The minimum absolute atomic E-state index is 0.0354. The van der Waals surface area contributed by atoms with Crippen LogP contribution in [0.2, 0.25) is 0 Å². The van der Waals surface area contributed by atoms with E-state index in [4.69, 9.17) is 5.26 Å². The number of nitrogens with zero attached hydrogens (tertiary/aromatic N) is 4. The molecule has 0 radical (unpaired) electrons. The van der Waals surface area contributed by atoms with Gasteiger partial charge in [-0.25, -0.2) is 9.97 Å². The van der Waals surface area contributed by atoms with Crippen LogP contribution in [0.4, 0.5) is 5.82 Å². The first-order valence-corrected chi connectivity index (χ1v) is 6.18. The van der Waals surface area contributed by atoms with Gasteiger partial charge in [0.15, 0.2) is 0 Å². The van der Waals surface area contributed by atoms with Gasteiger partial charge >= 0.3 is 0 Å². The maximum absolute atomic E-state index is 9.04. The number of aromatic nitrogens is 2. The molecule has 0 saturated carbocycles. The molecule has 1 aliphatic rings.